The summed E-state index contributed by atoms with van der Waals surface area (Å²) < 4.78 is 65.9. The van der Waals surface area contributed by atoms with Crippen molar-refractivity contribution in [3.05, 3.63) is 28.8 Å². The zero-order valence-corrected chi connectivity index (χ0v) is 16.2. The Balaban J connectivity index is 2.27. The van der Waals surface area contributed by atoms with Crippen molar-refractivity contribution in [2.45, 2.75) is 42.4 Å². The van der Waals surface area contributed by atoms with Crippen molar-refractivity contribution in [2.75, 3.05) is 12.0 Å². The molecule has 1 aliphatic rings. The van der Waals surface area contributed by atoms with Gasteiger partial charge < -0.3 is 5.32 Å². The number of thioether (sulfide) groups is 1. The van der Waals surface area contributed by atoms with Crippen molar-refractivity contribution in [3.8, 4) is 0 Å². The molecule has 1 saturated carbocycles. The third kappa shape index (κ3) is 5.77. The fraction of sp³-hybridized carbons (Fsp3) is 0.533. The second-order valence-electron chi connectivity index (χ2n) is 5.88. The van der Waals surface area contributed by atoms with Gasteiger partial charge in [-0.3, -0.25) is 4.79 Å². The normalized spacial score (nSPS) is 16.3. The van der Waals surface area contributed by atoms with Gasteiger partial charge in [-0.1, -0.05) is 11.6 Å². The summed E-state index contributed by atoms with van der Waals surface area (Å²) in [4.78, 5) is 11.6. The van der Waals surface area contributed by atoms with Crippen molar-refractivity contribution in [2.24, 2.45) is 0 Å². The summed E-state index contributed by atoms with van der Waals surface area (Å²) in [5.74, 6) is 0.00920. The number of benzene rings is 1. The molecule has 0 bridgehead atoms. The molecule has 0 heterocycles. The van der Waals surface area contributed by atoms with E-state index in [0.717, 1.165) is 18.9 Å². The Bertz CT molecular complexity index is 768. The molecule has 0 spiro atoms. The molecule has 1 aliphatic carbocycles. The van der Waals surface area contributed by atoms with Crippen LogP contribution in [-0.4, -0.2) is 38.4 Å². The van der Waals surface area contributed by atoms with Crippen LogP contribution in [0.2, 0.25) is 5.02 Å². The van der Waals surface area contributed by atoms with Gasteiger partial charge in [0.05, 0.1) is 10.6 Å². The molecule has 1 aromatic carbocycles. The molecule has 2 rings (SSSR count). The lowest BCUT2D eigenvalue weighted by molar-refractivity contribution is -0.137. The first kappa shape index (κ1) is 21.3. The van der Waals surface area contributed by atoms with Crippen molar-refractivity contribution in [3.63, 3.8) is 0 Å². The van der Waals surface area contributed by atoms with Crippen LogP contribution < -0.4 is 10.0 Å². The summed E-state index contributed by atoms with van der Waals surface area (Å²) >= 11 is 7.22. The molecular weight excluding hydrogens is 413 g/mol. The monoisotopic (exact) mass is 430 g/mol. The molecule has 0 aliphatic heterocycles. The molecule has 0 radical (unpaired) electrons. The van der Waals surface area contributed by atoms with Crippen LogP contribution in [0.1, 0.15) is 24.8 Å². The standard InChI is InChI=1S/C15H18ClF3N2O3S2/c1-25-7-6-12(14(22)20-10-3-4-10)21-26(23,24)13-8-9(15(17,18)19)2-5-11(13)16/h2,5,8,10,12,21H,3-4,6-7H2,1H3,(H,20,22)/t12-/m0/s1. The first-order valence-corrected chi connectivity index (χ1v) is 11.0. The van der Waals surface area contributed by atoms with Gasteiger partial charge in [0.1, 0.15) is 10.9 Å². The lowest BCUT2D eigenvalue weighted by Crippen LogP contribution is -2.47. The highest BCUT2D eigenvalue weighted by molar-refractivity contribution is 7.98. The molecule has 1 amide bonds. The highest BCUT2D eigenvalue weighted by atomic mass is 35.5. The molecule has 146 valence electrons. The summed E-state index contributed by atoms with van der Waals surface area (Å²) in [6, 6.07) is 0.987. The zero-order chi connectivity index (χ0) is 19.5. The smallest absolute Gasteiger partial charge is 0.352 e. The first-order valence-electron chi connectivity index (χ1n) is 7.73. The van der Waals surface area contributed by atoms with Crippen LogP contribution in [0.5, 0.6) is 0 Å². The Morgan fingerprint density at radius 3 is 2.58 bits per heavy atom. The highest BCUT2D eigenvalue weighted by Crippen LogP contribution is 2.33. The Labute approximate surface area is 159 Å². The van der Waals surface area contributed by atoms with Crippen LogP contribution in [0.3, 0.4) is 0 Å². The van der Waals surface area contributed by atoms with Crippen molar-refractivity contribution >= 4 is 39.3 Å². The van der Waals surface area contributed by atoms with Crippen molar-refractivity contribution < 1.29 is 26.4 Å². The highest BCUT2D eigenvalue weighted by Gasteiger charge is 2.34. The minimum Gasteiger partial charge on any atom is -0.352 e. The molecular formula is C15H18ClF3N2O3S2. The molecule has 0 saturated heterocycles. The molecule has 1 fully saturated rings. The van der Waals surface area contributed by atoms with E-state index in [-0.39, 0.29) is 17.5 Å². The van der Waals surface area contributed by atoms with Crippen molar-refractivity contribution in [1.29, 1.82) is 0 Å². The molecule has 0 aromatic heterocycles. The molecule has 11 heteroatoms. The molecule has 5 nitrogen and oxygen atoms in total. The number of carbonyl (C=O) groups is 1. The average molecular weight is 431 g/mol. The van der Waals surface area contributed by atoms with Gasteiger partial charge in [-0.25, -0.2) is 8.42 Å². The summed E-state index contributed by atoms with van der Waals surface area (Å²) in [5.41, 5.74) is -1.13. The van der Waals surface area contributed by atoms with E-state index in [2.05, 4.69) is 10.0 Å². The lowest BCUT2D eigenvalue weighted by atomic mass is 10.2. The predicted octanol–water partition coefficient (Wildman–Crippen LogP) is 3.04. The van der Waals surface area contributed by atoms with Crippen LogP contribution in [-0.2, 0) is 21.0 Å². The van der Waals surface area contributed by atoms with Crippen molar-refractivity contribution in [1.82, 2.24) is 10.0 Å². The number of sulfonamides is 1. The van der Waals surface area contributed by atoms with Crippen LogP contribution in [0.15, 0.2) is 23.1 Å². The van der Waals surface area contributed by atoms with Gasteiger partial charge in [-0.05, 0) is 49.5 Å². The molecule has 0 unspecified atom stereocenters. The largest absolute Gasteiger partial charge is 0.416 e. The summed E-state index contributed by atoms with van der Waals surface area (Å²) in [5, 5.41) is 2.35. The first-order chi connectivity index (χ1) is 12.0. The summed E-state index contributed by atoms with van der Waals surface area (Å²) in [6.45, 7) is 0. The Kier molecular flexibility index (Phi) is 6.86. The fourth-order valence-electron chi connectivity index (χ4n) is 2.15. The number of carbonyl (C=O) groups excluding carboxylic acids is 1. The van der Waals surface area contributed by atoms with E-state index in [1.165, 1.54) is 11.8 Å². The van der Waals surface area contributed by atoms with Crippen LogP contribution in [0, 0.1) is 0 Å². The third-order valence-electron chi connectivity index (χ3n) is 3.70. The third-order valence-corrected chi connectivity index (χ3v) is 6.29. The Hall–Kier alpha value is -0.970. The number of alkyl halides is 3. The topological polar surface area (TPSA) is 75.3 Å². The van der Waals surface area contributed by atoms with E-state index in [1.54, 1.807) is 6.26 Å². The van der Waals surface area contributed by atoms with Gasteiger partial charge in [-0.15, -0.1) is 0 Å². The van der Waals surface area contributed by atoms with E-state index in [4.69, 9.17) is 11.6 Å². The number of rotatable bonds is 8. The molecule has 26 heavy (non-hydrogen) atoms. The predicted molar refractivity (Wildman–Crippen MR) is 94.7 cm³/mol. The van der Waals surface area contributed by atoms with E-state index in [0.29, 0.717) is 17.9 Å². The zero-order valence-electron chi connectivity index (χ0n) is 13.8. The number of hydrogen-bond donors (Lipinski definition) is 2. The second kappa shape index (κ2) is 8.37. The van der Waals surface area contributed by atoms with E-state index in [9.17, 15) is 26.4 Å². The van der Waals surface area contributed by atoms with Crippen LogP contribution in [0.4, 0.5) is 13.2 Å². The number of nitrogens with one attached hydrogen (secondary N) is 2. The molecule has 1 atom stereocenters. The maximum atomic E-state index is 12.9. The summed E-state index contributed by atoms with van der Waals surface area (Å²) in [7, 11) is -4.42. The molecule has 2 N–H and O–H groups in total. The SMILES string of the molecule is CSCC[C@H](NS(=O)(=O)c1cc(C(F)(F)F)ccc1Cl)C(=O)NC1CC1. The maximum absolute atomic E-state index is 12.9. The maximum Gasteiger partial charge on any atom is 0.416 e. The number of hydrogen-bond acceptors (Lipinski definition) is 4. The van der Waals surface area contributed by atoms with E-state index < -0.39 is 38.6 Å². The van der Waals surface area contributed by atoms with Gasteiger partial charge in [0.15, 0.2) is 0 Å². The van der Waals surface area contributed by atoms with Gasteiger partial charge in [0.2, 0.25) is 15.9 Å². The quantitative estimate of drug-likeness (QED) is 0.664. The molecule has 1 aromatic rings. The lowest BCUT2D eigenvalue weighted by Gasteiger charge is -2.19. The number of amides is 1. The van der Waals surface area contributed by atoms with Gasteiger partial charge in [0, 0.05) is 6.04 Å². The van der Waals surface area contributed by atoms with Gasteiger partial charge in [0.25, 0.3) is 0 Å². The average Bonchev–Trinajstić information content (AvgIpc) is 3.34. The Morgan fingerprint density at radius 1 is 1.38 bits per heavy atom. The fourth-order valence-corrected chi connectivity index (χ4v) is 4.37. The van der Waals surface area contributed by atoms with Crippen LogP contribution >= 0.6 is 23.4 Å². The van der Waals surface area contributed by atoms with E-state index in [1.807, 2.05) is 0 Å². The Morgan fingerprint density at radius 2 is 2.04 bits per heavy atom. The van der Waals surface area contributed by atoms with Gasteiger partial charge >= 0.3 is 6.18 Å². The van der Waals surface area contributed by atoms with Gasteiger partial charge in [-0.2, -0.15) is 29.7 Å². The number of halogens is 4. The summed E-state index contributed by atoms with van der Waals surface area (Å²) in [6.07, 6.45) is -1.06. The van der Waals surface area contributed by atoms with Crippen LogP contribution in [0.25, 0.3) is 0 Å². The minimum absolute atomic E-state index is 0.0286. The minimum atomic E-state index is -4.71. The van der Waals surface area contributed by atoms with E-state index >= 15 is 0 Å². The second-order valence-corrected chi connectivity index (χ2v) is 8.96.